The number of amides is 1. The summed E-state index contributed by atoms with van der Waals surface area (Å²) in [7, 11) is 0. The van der Waals surface area contributed by atoms with Crippen molar-refractivity contribution in [1.82, 2.24) is 14.7 Å². The molecule has 0 radical (unpaired) electrons. The molecule has 0 unspecified atom stereocenters. The van der Waals surface area contributed by atoms with Crippen molar-refractivity contribution in [1.29, 1.82) is 0 Å². The molecule has 2 aromatic heterocycles. The lowest BCUT2D eigenvalue weighted by atomic mass is 10.0. The second-order valence-electron chi connectivity index (χ2n) is 6.51. The maximum atomic E-state index is 12.5. The zero-order valence-electron chi connectivity index (χ0n) is 15.6. The van der Waals surface area contributed by atoms with E-state index in [9.17, 15) is 4.79 Å². The number of rotatable bonds is 7. The van der Waals surface area contributed by atoms with Gasteiger partial charge in [0.15, 0.2) is 0 Å². The molecule has 4 aromatic rings. The van der Waals surface area contributed by atoms with E-state index in [0.29, 0.717) is 17.3 Å². The van der Waals surface area contributed by atoms with Gasteiger partial charge >= 0.3 is 0 Å². The number of pyridine rings is 1. The van der Waals surface area contributed by atoms with Crippen LogP contribution in [0.3, 0.4) is 0 Å². The highest BCUT2D eigenvalue weighted by atomic mass is 35.5. The number of aromatic nitrogens is 2. The summed E-state index contributed by atoms with van der Waals surface area (Å²) < 4.78 is 5.62. The Labute approximate surface area is 177 Å². The van der Waals surface area contributed by atoms with E-state index >= 15 is 0 Å². The van der Waals surface area contributed by atoms with Gasteiger partial charge in [0.05, 0.1) is 4.70 Å². The summed E-state index contributed by atoms with van der Waals surface area (Å²) in [6.45, 7) is 1.32. The normalized spacial score (nSPS) is 10.8. The van der Waals surface area contributed by atoms with Gasteiger partial charge < -0.3 is 10.6 Å². The molecule has 7 heteroatoms. The zero-order chi connectivity index (χ0) is 20.1. The van der Waals surface area contributed by atoms with E-state index in [4.69, 9.17) is 11.6 Å². The SMILES string of the molecule is O=C(NCCCNc1nsc2ccccc12)c1cccc(-c2ccc(Cl)nc2)c1. The summed E-state index contributed by atoms with van der Waals surface area (Å²) in [6, 6.07) is 19.3. The van der Waals surface area contributed by atoms with Gasteiger partial charge in [-0.1, -0.05) is 35.9 Å². The van der Waals surface area contributed by atoms with Gasteiger partial charge in [0.1, 0.15) is 11.0 Å². The fourth-order valence-electron chi connectivity index (χ4n) is 3.00. The summed E-state index contributed by atoms with van der Waals surface area (Å²) >= 11 is 7.33. The molecule has 0 aliphatic carbocycles. The van der Waals surface area contributed by atoms with Crippen molar-refractivity contribution < 1.29 is 4.79 Å². The van der Waals surface area contributed by atoms with E-state index in [1.165, 1.54) is 16.2 Å². The van der Waals surface area contributed by atoms with Gasteiger partial charge in [-0.15, -0.1) is 0 Å². The maximum Gasteiger partial charge on any atom is 0.251 e. The van der Waals surface area contributed by atoms with Crippen LogP contribution in [0.1, 0.15) is 16.8 Å². The van der Waals surface area contributed by atoms with E-state index in [1.54, 1.807) is 12.3 Å². The minimum absolute atomic E-state index is 0.0899. The Balaban J connectivity index is 1.28. The van der Waals surface area contributed by atoms with Crippen LogP contribution in [0.4, 0.5) is 5.82 Å². The predicted octanol–water partition coefficient (Wildman–Crippen LogP) is 5.24. The first kappa shape index (κ1) is 19.4. The lowest BCUT2D eigenvalue weighted by Crippen LogP contribution is -2.25. The first-order valence-corrected chi connectivity index (χ1v) is 10.4. The molecule has 2 aromatic carbocycles. The Morgan fingerprint density at radius 3 is 2.76 bits per heavy atom. The molecule has 29 heavy (non-hydrogen) atoms. The fraction of sp³-hybridized carbons (Fsp3) is 0.136. The number of hydrogen-bond acceptors (Lipinski definition) is 5. The maximum absolute atomic E-state index is 12.5. The van der Waals surface area contributed by atoms with Crippen molar-refractivity contribution in [2.75, 3.05) is 18.4 Å². The molecule has 2 N–H and O–H groups in total. The molecule has 0 fully saturated rings. The van der Waals surface area contributed by atoms with E-state index < -0.39 is 0 Å². The summed E-state index contributed by atoms with van der Waals surface area (Å²) in [4.78, 5) is 16.6. The third kappa shape index (κ3) is 4.72. The molecule has 0 bridgehead atoms. The van der Waals surface area contributed by atoms with Crippen LogP contribution in [0.15, 0.2) is 66.9 Å². The Morgan fingerprint density at radius 1 is 1.00 bits per heavy atom. The van der Waals surface area contributed by atoms with Crippen LogP contribution in [-0.2, 0) is 0 Å². The van der Waals surface area contributed by atoms with Crippen molar-refractivity contribution >= 4 is 44.9 Å². The van der Waals surface area contributed by atoms with Crippen LogP contribution >= 0.6 is 23.1 Å². The number of halogens is 1. The minimum atomic E-state index is -0.0899. The average Bonchev–Trinajstić information content (AvgIpc) is 3.17. The number of hydrogen-bond donors (Lipinski definition) is 2. The number of anilines is 1. The molecule has 0 aliphatic rings. The summed E-state index contributed by atoms with van der Waals surface area (Å²) in [6.07, 6.45) is 2.51. The molecule has 2 heterocycles. The van der Waals surface area contributed by atoms with Crippen LogP contribution in [0.25, 0.3) is 21.2 Å². The quantitative estimate of drug-likeness (QED) is 0.315. The highest BCUT2D eigenvalue weighted by Crippen LogP contribution is 2.26. The first-order chi connectivity index (χ1) is 14.2. The van der Waals surface area contributed by atoms with E-state index in [2.05, 4.69) is 32.1 Å². The second-order valence-corrected chi connectivity index (χ2v) is 7.71. The summed E-state index contributed by atoms with van der Waals surface area (Å²) in [5.41, 5.74) is 2.47. The lowest BCUT2D eigenvalue weighted by Gasteiger charge is -2.08. The zero-order valence-corrected chi connectivity index (χ0v) is 17.1. The van der Waals surface area contributed by atoms with Crippen molar-refractivity contribution in [2.24, 2.45) is 0 Å². The average molecular weight is 423 g/mol. The van der Waals surface area contributed by atoms with E-state index in [-0.39, 0.29) is 5.91 Å². The molecule has 0 saturated heterocycles. The molecular weight excluding hydrogens is 404 g/mol. The van der Waals surface area contributed by atoms with Gasteiger partial charge in [-0.05, 0) is 59.9 Å². The van der Waals surface area contributed by atoms with Crippen molar-refractivity contribution in [3.63, 3.8) is 0 Å². The van der Waals surface area contributed by atoms with Gasteiger partial charge in [-0.2, -0.15) is 4.37 Å². The monoisotopic (exact) mass is 422 g/mol. The fourth-order valence-corrected chi connectivity index (χ4v) is 3.87. The third-order valence-corrected chi connectivity index (χ3v) is 5.54. The minimum Gasteiger partial charge on any atom is -0.369 e. The standard InChI is InChI=1S/C22H19ClN4OS/c23-20-10-9-17(14-26-20)15-5-3-6-16(13-15)22(28)25-12-4-11-24-21-18-7-1-2-8-19(18)29-27-21/h1-3,5-10,13-14H,4,11-12H2,(H,24,27)(H,25,28). The van der Waals surface area contributed by atoms with Gasteiger partial charge in [0, 0.05) is 35.8 Å². The summed E-state index contributed by atoms with van der Waals surface area (Å²) in [5.74, 6) is 0.814. The topological polar surface area (TPSA) is 66.9 Å². The van der Waals surface area contributed by atoms with Crippen LogP contribution < -0.4 is 10.6 Å². The largest absolute Gasteiger partial charge is 0.369 e. The molecule has 0 atom stereocenters. The molecular formula is C22H19ClN4OS. The van der Waals surface area contributed by atoms with Crippen LogP contribution in [-0.4, -0.2) is 28.4 Å². The first-order valence-electron chi connectivity index (χ1n) is 9.29. The highest BCUT2D eigenvalue weighted by Gasteiger charge is 2.08. The number of nitrogens with one attached hydrogen (secondary N) is 2. The lowest BCUT2D eigenvalue weighted by molar-refractivity contribution is 0.0953. The summed E-state index contributed by atoms with van der Waals surface area (Å²) in [5, 5.41) is 7.90. The molecule has 0 aliphatic heterocycles. The molecule has 0 saturated carbocycles. The molecule has 4 rings (SSSR count). The number of carbonyl (C=O) groups excluding carboxylic acids is 1. The predicted molar refractivity (Wildman–Crippen MR) is 120 cm³/mol. The third-order valence-electron chi connectivity index (χ3n) is 4.49. The smallest absolute Gasteiger partial charge is 0.251 e. The highest BCUT2D eigenvalue weighted by molar-refractivity contribution is 7.13. The number of benzene rings is 2. The number of carbonyl (C=O) groups is 1. The Kier molecular flexibility index (Phi) is 6.03. The Bertz CT molecular complexity index is 1130. The van der Waals surface area contributed by atoms with Crippen LogP contribution in [0.5, 0.6) is 0 Å². The van der Waals surface area contributed by atoms with Gasteiger partial charge in [0.2, 0.25) is 0 Å². The second kappa shape index (κ2) is 9.03. The molecule has 146 valence electrons. The van der Waals surface area contributed by atoms with Crippen LogP contribution in [0.2, 0.25) is 5.15 Å². The van der Waals surface area contributed by atoms with Gasteiger partial charge in [0.25, 0.3) is 5.91 Å². The van der Waals surface area contributed by atoms with Crippen LogP contribution in [0, 0.1) is 0 Å². The molecule has 5 nitrogen and oxygen atoms in total. The molecule has 1 amide bonds. The van der Waals surface area contributed by atoms with Crippen molar-refractivity contribution in [3.8, 4) is 11.1 Å². The van der Waals surface area contributed by atoms with Crippen molar-refractivity contribution in [2.45, 2.75) is 6.42 Å². The van der Waals surface area contributed by atoms with Gasteiger partial charge in [-0.25, -0.2) is 4.98 Å². The Morgan fingerprint density at radius 2 is 1.90 bits per heavy atom. The number of nitrogens with zero attached hydrogens (tertiary/aromatic N) is 2. The molecule has 0 spiro atoms. The number of fused-ring (bicyclic) bond motifs is 1. The van der Waals surface area contributed by atoms with Gasteiger partial charge in [-0.3, -0.25) is 4.79 Å². The van der Waals surface area contributed by atoms with E-state index in [0.717, 1.165) is 35.3 Å². The van der Waals surface area contributed by atoms with Crippen molar-refractivity contribution in [3.05, 3.63) is 77.6 Å². The Hall–Kier alpha value is -2.96. The van der Waals surface area contributed by atoms with E-state index in [1.807, 2.05) is 42.5 Å².